The van der Waals surface area contributed by atoms with Crippen LogP contribution in [0.15, 0.2) is 34.1 Å². The highest BCUT2D eigenvalue weighted by atomic mass is 16.2. The number of nitrogens with one attached hydrogen (secondary N) is 1. The van der Waals surface area contributed by atoms with E-state index in [0.717, 1.165) is 43.3 Å². The molecule has 0 saturated carbocycles. The van der Waals surface area contributed by atoms with E-state index in [2.05, 4.69) is 10.4 Å². The van der Waals surface area contributed by atoms with E-state index >= 15 is 0 Å². The molecule has 2 aromatic heterocycles. The Kier molecular flexibility index (Phi) is 6.90. The number of carbonyl (C=O) groups is 1. The van der Waals surface area contributed by atoms with Crippen molar-refractivity contribution in [1.82, 2.24) is 24.2 Å². The van der Waals surface area contributed by atoms with Crippen molar-refractivity contribution in [2.45, 2.75) is 45.7 Å². The molecule has 0 aromatic carbocycles. The summed E-state index contributed by atoms with van der Waals surface area (Å²) in [4.78, 5) is 39.4. The number of aromatic nitrogens is 4. The van der Waals surface area contributed by atoms with E-state index in [1.807, 2.05) is 28.8 Å². The zero-order chi connectivity index (χ0) is 20.8. The van der Waals surface area contributed by atoms with E-state index in [1.165, 1.54) is 13.1 Å². The van der Waals surface area contributed by atoms with Crippen LogP contribution < -0.4 is 21.5 Å². The first-order valence-corrected chi connectivity index (χ1v) is 10.3. The molecular formula is C20H30N6O3. The second kappa shape index (κ2) is 9.58. The van der Waals surface area contributed by atoms with E-state index in [-0.39, 0.29) is 23.1 Å². The summed E-state index contributed by atoms with van der Waals surface area (Å²) in [5.74, 6) is 0.502. The Morgan fingerprint density at radius 2 is 2.14 bits per heavy atom. The van der Waals surface area contributed by atoms with Gasteiger partial charge in [0.15, 0.2) is 0 Å². The molecule has 1 amide bonds. The number of hydrogen-bond donors (Lipinski definition) is 1. The van der Waals surface area contributed by atoms with Crippen LogP contribution in [0.5, 0.6) is 0 Å². The molecule has 1 aliphatic rings. The lowest BCUT2D eigenvalue weighted by Crippen LogP contribution is -2.47. The van der Waals surface area contributed by atoms with Crippen LogP contribution in [-0.2, 0) is 24.9 Å². The monoisotopic (exact) mass is 402 g/mol. The summed E-state index contributed by atoms with van der Waals surface area (Å²) in [7, 11) is 1.50. The van der Waals surface area contributed by atoms with E-state index < -0.39 is 0 Å². The molecule has 158 valence electrons. The maximum atomic E-state index is 12.6. The maximum absolute atomic E-state index is 12.6. The first-order valence-electron chi connectivity index (χ1n) is 10.3. The van der Waals surface area contributed by atoms with Crippen molar-refractivity contribution in [2.24, 2.45) is 13.0 Å². The number of piperidine rings is 1. The average molecular weight is 402 g/mol. The molecule has 9 nitrogen and oxygen atoms in total. The Morgan fingerprint density at radius 3 is 2.86 bits per heavy atom. The molecule has 2 aromatic rings. The standard InChI is InChI=1S/C20H30N6O3/c1-3-10-26-17(14-18(27)23(2)20(26)29)24-11-4-7-16(15-24)19(28)21-8-5-12-25-13-6-9-22-25/h6,9,13-14,16H,3-5,7-8,10-12,15H2,1-2H3,(H,21,28). The topological polar surface area (TPSA) is 94.2 Å². The van der Waals surface area contributed by atoms with Gasteiger partial charge in [0.05, 0.1) is 5.92 Å². The van der Waals surface area contributed by atoms with Crippen LogP contribution in [0.1, 0.15) is 32.6 Å². The SMILES string of the molecule is CCCn1c(N2CCCC(C(=O)NCCCn3cccn3)C2)cc(=O)n(C)c1=O. The van der Waals surface area contributed by atoms with Crippen molar-refractivity contribution in [2.75, 3.05) is 24.5 Å². The highest BCUT2D eigenvalue weighted by molar-refractivity contribution is 5.79. The maximum Gasteiger partial charge on any atom is 0.332 e. The van der Waals surface area contributed by atoms with Gasteiger partial charge < -0.3 is 10.2 Å². The van der Waals surface area contributed by atoms with Gasteiger partial charge in [-0.05, 0) is 31.7 Å². The fraction of sp³-hybridized carbons (Fsp3) is 0.600. The number of anilines is 1. The van der Waals surface area contributed by atoms with Gasteiger partial charge in [-0.3, -0.25) is 23.4 Å². The van der Waals surface area contributed by atoms with Gasteiger partial charge in [0.2, 0.25) is 5.91 Å². The summed E-state index contributed by atoms with van der Waals surface area (Å²) in [6, 6.07) is 3.39. The smallest absolute Gasteiger partial charge is 0.332 e. The number of rotatable bonds is 8. The quantitative estimate of drug-likeness (QED) is 0.652. The molecule has 1 saturated heterocycles. The summed E-state index contributed by atoms with van der Waals surface area (Å²) < 4.78 is 4.62. The Bertz CT molecular complexity index is 931. The van der Waals surface area contributed by atoms with Gasteiger partial charge in [-0.1, -0.05) is 6.92 Å². The first kappa shape index (κ1) is 20.9. The number of nitrogens with zero attached hydrogens (tertiary/aromatic N) is 5. The zero-order valence-electron chi connectivity index (χ0n) is 17.2. The van der Waals surface area contributed by atoms with Crippen LogP contribution in [0.25, 0.3) is 0 Å². The largest absolute Gasteiger partial charge is 0.357 e. The van der Waals surface area contributed by atoms with Gasteiger partial charge in [-0.15, -0.1) is 0 Å². The fourth-order valence-corrected chi connectivity index (χ4v) is 3.78. The predicted molar refractivity (Wildman–Crippen MR) is 111 cm³/mol. The number of carbonyl (C=O) groups excluding carboxylic acids is 1. The highest BCUT2D eigenvalue weighted by Crippen LogP contribution is 2.22. The minimum Gasteiger partial charge on any atom is -0.357 e. The summed E-state index contributed by atoms with van der Waals surface area (Å²) in [5, 5.41) is 7.17. The number of amides is 1. The van der Waals surface area contributed by atoms with E-state index in [0.29, 0.717) is 25.5 Å². The van der Waals surface area contributed by atoms with Crippen LogP contribution in [0.4, 0.5) is 5.82 Å². The molecule has 1 aliphatic heterocycles. The molecule has 0 spiro atoms. The van der Waals surface area contributed by atoms with Crippen molar-refractivity contribution >= 4 is 11.7 Å². The molecule has 0 radical (unpaired) electrons. The second-order valence-corrected chi connectivity index (χ2v) is 7.53. The summed E-state index contributed by atoms with van der Waals surface area (Å²) in [5.41, 5.74) is -0.623. The van der Waals surface area contributed by atoms with Crippen molar-refractivity contribution in [3.05, 3.63) is 45.4 Å². The zero-order valence-corrected chi connectivity index (χ0v) is 17.2. The molecule has 29 heavy (non-hydrogen) atoms. The Hall–Kier alpha value is -2.84. The Morgan fingerprint density at radius 1 is 1.31 bits per heavy atom. The van der Waals surface area contributed by atoms with Crippen molar-refractivity contribution in [1.29, 1.82) is 0 Å². The van der Waals surface area contributed by atoms with Crippen LogP contribution in [0.2, 0.25) is 0 Å². The van der Waals surface area contributed by atoms with Crippen LogP contribution in [-0.4, -0.2) is 44.5 Å². The first-order chi connectivity index (χ1) is 14.0. The molecule has 1 atom stereocenters. The summed E-state index contributed by atoms with van der Waals surface area (Å²) in [6.07, 6.45) is 6.91. The van der Waals surface area contributed by atoms with Gasteiger partial charge >= 0.3 is 5.69 Å². The molecule has 3 rings (SSSR count). The molecule has 0 bridgehead atoms. The molecule has 1 N–H and O–H groups in total. The van der Waals surface area contributed by atoms with Crippen molar-refractivity contribution in [3.8, 4) is 0 Å². The fourth-order valence-electron chi connectivity index (χ4n) is 3.78. The van der Waals surface area contributed by atoms with E-state index in [4.69, 9.17) is 0 Å². The summed E-state index contributed by atoms with van der Waals surface area (Å²) >= 11 is 0. The lowest BCUT2D eigenvalue weighted by Gasteiger charge is -2.34. The van der Waals surface area contributed by atoms with Crippen molar-refractivity contribution < 1.29 is 4.79 Å². The van der Waals surface area contributed by atoms with Crippen LogP contribution in [0, 0.1) is 5.92 Å². The van der Waals surface area contributed by atoms with Gasteiger partial charge in [0, 0.05) is 58.2 Å². The minimum absolute atomic E-state index is 0.0309. The third-order valence-electron chi connectivity index (χ3n) is 5.36. The molecule has 1 unspecified atom stereocenters. The average Bonchev–Trinajstić information content (AvgIpc) is 3.25. The lowest BCUT2D eigenvalue weighted by molar-refractivity contribution is -0.125. The van der Waals surface area contributed by atoms with Gasteiger partial charge in [0.1, 0.15) is 5.82 Å². The number of aryl methyl sites for hydroxylation is 1. The Balaban J connectivity index is 1.63. The van der Waals surface area contributed by atoms with Gasteiger partial charge in [-0.2, -0.15) is 5.10 Å². The normalized spacial score (nSPS) is 16.8. The molecule has 1 fully saturated rings. The van der Waals surface area contributed by atoms with Gasteiger partial charge in [0.25, 0.3) is 5.56 Å². The molecule has 9 heteroatoms. The van der Waals surface area contributed by atoms with Gasteiger partial charge in [-0.25, -0.2) is 4.79 Å². The molecule has 3 heterocycles. The van der Waals surface area contributed by atoms with Crippen LogP contribution >= 0.6 is 0 Å². The van der Waals surface area contributed by atoms with E-state index in [9.17, 15) is 14.4 Å². The highest BCUT2D eigenvalue weighted by Gasteiger charge is 2.27. The predicted octanol–water partition coefficient (Wildman–Crippen LogP) is 0.576. The lowest BCUT2D eigenvalue weighted by atomic mass is 9.97. The molecular weight excluding hydrogens is 372 g/mol. The second-order valence-electron chi connectivity index (χ2n) is 7.53. The third kappa shape index (κ3) is 4.96. The third-order valence-corrected chi connectivity index (χ3v) is 5.36. The van der Waals surface area contributed by atoms with E-state index in [1.54, 1.807) is 10.8 Å². The minimum atomic E-state index is -0.317. The number of hydrogen-bond acceptors (Lipinski definition) is 5. The van der Waals surface area contributed by atoms with Crippen molar-refractivity contribution in [3.63, 3.8) is 0 Å². The summed E-state index contributed by atoms with van der Waals surface area (Å²) in [6.45, 7) is 5.16. The molecule has 0 aliphatic carbocycles. The Labute approximate surface area is 169 Å². The van der Waals surface area contributed by atoms with Crippen LogP contribution in [0.3, 0.4) is 0 Å².